The average Bonchev–Trinajstić information content (AvgIpc) is 2.61. The Bertz CT molecular complexity index is 731. The van der Waals surface area contributed by atoms with Gasteiger partial charge in [-0.1, -0.05) is 30.7 Å². The summed E-state index contributed by atoms with van der Waals surface area (Å²) in [7, 11) is 0. The molecule has 0 unspecified atom stereocenters. The standard InChI is InChI=1S/C22H20F2O/c23-20-10-6-16(7-11-20)14-18-4-2-1-3-5-19(22(18)25)15-17-8-12-21(24)13-9-17/h6-15H,1-5H2/b18-14+,19-15+. The lowest BCUT2D eigenvalue weighted by atomic mass is 9.89. The minimum Gasteiger partial charge on any atom is -0.289 e. The van der Waals surface area contributed by atoms with E-state index in [1.165, 1.54) is 24.3 Å². The number of carbonyl (C=O) groups is 1. The summed E-state index contributed by atoms with van der Waals surface area (Å²) in [4.78, 5) is 13.0. The third kappa shape index (κ3) is 4.72. The lowest BCUT2D eigenvalue weighted by molar-refractivity contribution is -0.112. The van der Waals surface area contributed by atoms with E-state index >= 15 is 0 Å². The van der Waals surface area contributed by atoms with Crippen molar-refractivity contribution in [2.75, 3.05) is 0 Å². The summed E-state index contributed by atoms with van der Waals surface area (Å²) in [5.74, 6) is -0.542. The Hall–Kier alpha value is -2.55. The number of benzene rings is 2. The van der Waals surface area contributed by atoms with E-state index in [-0.39, 0.29) is 17.4 Å². The van der Waals surface area contributed by atoms with E-state index < -0.39 is 0 Å². The maximum Gasteiger partial charge on any atom is 0.185 e. The van der Waals surface area contributed by atoms with Crippen molar-refractivity contribution >= 4 is 17.9 Å². The molecule has 1 nitrogen and oxygen atoms in total. The first-order chi connectivity index (χ1) is 12.1. The highest BCUT2D eigenvalue weighted by Crippen LogP contribution is 2.26. The molecule has 1 saturated carbocycles. The molecule has 1 fully saturated rings. The predicted molar refractivity (Wildman–Crippen MR) is 96.8 cm³/mol. The van der Waals surface area contributed by atoms with Gasteiger partial charge in [-0.25, -0.2) is 8.78 Å². The number of carbonyl (C=O) groups excluding carboxylic acids is 1. The quantitative estimate of drug-likeness (QED) is 0.617. The van der Waals surface area contributed by atoms with Crippen LogP contribution in [0.1, 0.15) is 43.2 Å². The van der Waals surface area contributed by atoms with Crippen molar-refractivity contribution in [2.45, 2.75) is 32.1 Å². The van der Waals surface area contributed by atoms with Crippen LogP contribution in [0.25, 0.3) is 12.2 Å². The summed E-state index contributed by atoms with van der Waals surface area (Å²) in [6.45, 7) is 0. The molecule has 0 aromatic heterocycles. The number of rotatable bonds is 2. The maximum absolute atomic E-state index is 13.1. The summed E-state index contributed by atoms with van der Waals surface area (Å²) >= 11 is 0. The van der Waals surface area contributed by atoms with Crippen LogP contribution in [0.15, 0.2) is 59.7 Å². The Kier molecular flexibility index (Phi) is 5.54. The van der Waals surface area contributed by atoms with Gasteiger partial charge in [0.2, 0.25) is 0 Å². The minimum absolute atomic E-state index is 0.0355. The summed E-state index contributed by atoms with van der Waals surface area (Å²) in [6.07, 6.45) is 8.16. The van der Waals surface area contributed by atoms with Crippen LogP contribution in [0.5, 0.6) is 0 Å². The van der Waals surface area contributed by atoms with Crippen molar-refractivity contribution in [1.29, 1.82) is 0 Å². The molecule has 0 heterocycles. The SMILES string of the molecule is O=C1/C(=C/c2ccc(F)cc2)CCCCC/C1=C\c1ccc(F)cc1. The lowest BCUT2D eigenvalue weighted by Gasteiger charge is -2.15. The van der Waals surface area contributed by atoms with Crippen LogP contribution in [0.3, 0.4) is 0 Å². The second kappa shape index (κ2) is 8.02. The molecule has 0 saturated heterocycles. The summed E-state index contributed by atoms with van der Waals surface area (Å²) in [5, 5.41) is 0. The zero-order chi connectivity index (χ0) is 17.6. The molecule has 2 aromatic rings. The van der Waals surface area contributed by atoms with Gasteiger partial charge in [0.05, 0.1) is 0 Å². The van der Waals surface area contributed by atoms with Crippen LogP contribution < -0.4 is 0 Å². The van der Waals surface area contributed by atoms with Crippen molar-refractivity contribution in [1.82, 2.24) is 0 Å². The molecule has 1 aliphatic rings. The first-order valence-corrected chi connectivity index (χ1v) is 8.59. The van der Waals surface area contributed by atoms with Crippen LogP contribution >= 0.6 is 0 Å². The number of halogens is 2. The normalized spacial score (nSPS) is 19.0. The molecule has 3 heteroatoms. The summed E-state index contributed by atoms with van der Waals surface area (Å²) in [5.41, 5.74) is 3.15. The number of hydrogen-bond donors (Lipinski definition) is 0. The Morgan fingerprint density at radius 2 is 1.04 bits per heavy atom. The molecule has 25 heavy (non-hydrogen) atoms. The maximum atomic E-state index is 13.1. The van der Waals surface area contributed by atoms with E-state index in [4.69, 9.17) is 0 Å². The van der Waals surface area contributed by atoms with Gasteiger partial charge in [-0.15, -0.1) is 0 Å². The molecule has 3 rings (SSSR count). The molecule has 0 atom stereocenters. The molecule has 128 valence electrons. The third-order valence-corrected chi connectivity index (χ3v) is 4.40. The third-order valence-electron chi connectivity index (χ3n) is 4.40. The van der Waals surface area contributed by atoms with Gasteiger partial charge in [-0.3, -0.25) is 4.79 Å². The number of ketones is 1. The lowest BCUT2D eigenvalue weighted by Crippen LogP contribution is -2.09. The van der Waals surface area contributed by atoms with Crippen LogP contribution in [0.2, 0.25) is 0 Å². The summed E-state index contributed by atoms with van der Waals surface area (Å²) in [6, 6.07) is 12.3. The van der Waals surface area contributed by atoms with Crippen molar-refractivity contribution < 1.29 is 13.6 Å². The summed E-state index contributed by atoms with van der Waals surface area (Å²) < 4.78 is 26.1. The van der Waals surface area contributed by atoms with Crippen LogP contribution in [0, 0.1) is 11.6 Å². The number of Topliss-reactive ketones (excluding diaryl/α,β-unsaturated/α-hetero) is 1. The van der Waals surface area contributed by atoms with Gasteiger partial charge in [0, 0.05) is 11.1 Å². The molecule has 0 radical (unpaired) electrons. The monoisotopic (exact) mass is 338 g/mol. The van der Waals surface area contributed by atoms with Gasteiger partial charge >= 0.3 is 0 Å². The fraction of sp³-hybridized carbons (Fsp3) is 0.227. The van der Waals surface area contributed by atoms with Gasteiger partial charge < -0.3 is 0 Å². The van der Waals surface area contributed by atoms with Crippen molar-refractivity contribution in [3.05, 3.63) is 82.4 Å². The highest BCUT2D eigenvalue weighted by atomic mass is 19.1. The van der Waals surface area contributed by atoms with Gasteiger partial charge in [-0.2, -0.15) is 0 Å². The van der Waals surface area contributed by atoms with E-state index in [1.807, 2.05) is 12.2 Å². The van der Waals surface area contributed by atoms with Crippen LogP contribution in [0.4, 0.5) is 8.78 Å². The Labute approximate surface area is 146 Å². The molecule has 1 aliphatic carbocycles. The number of allylic oxidation sites excluding steroid dienone is 2. The smallest absolute Gasteiger partial charge is 0.185 e. The Morgan fingerprint density at radius 1 is 0.640 bits per heavy atom. The molecule has 0 aliphatic heterocycles. The van der Waals surface area contributed by atoms with Crippen molar-refractivity contribution in [2.24, 2.45) is 0 Å². The highest BCUT2D eigenvalue weighted by molar-refractivity contribution is 6.13. The second-order valence-electron chi connectivity index (χ2n) is 6.33. The Morgan fingerprint density at radius 3 is 1.44 bits per heavy atom. The molecule has 0 spiro atoms. The van der Waals surface area contributed by atoms with E-state index in [0.29, 0.717) is 0 Å². The molecule has 0 N–H and O–H groups in total. The highest BCUT2D eigenvalue weighted by Gasteiger charge is 2.17. The van der Waals surface area contributed by atoms with E-state index in [0.717, 1.165) is 54.4 Å². The second-order valence-corrected chi connectivity index (χ2v) is 6.33. The Balaban J connectivity index is 1.91. The average molecular weight is 338 g/mol. The van der Waals surface area contributed by atoms with E-state index in [1.54, 1.807) is 24.3 Å². The first-order valence-electron chi connectivity index (χ1n) is 8.59. The van der Waals surface area contributed by atoms with Crippen LogP contribution in [-0.2, 0) is 4.79 Å². The van der Waals surface area contributed by atoms with Crippen molar-refractivity contribution in [3.8, 4) is 0 Å². The number of hydrogen-bond acceptors (Lipinski definition) is 1. The zero-order valence-electron chi connectivity index (χ0n) is 14.0. The van der Waals surface area contributed by atoms with Crippen LogP contribution in [-0.4, -0.2) is 5.78 Å². The fourth-order valence-corrected chi connectivity index (χ4v) is 3.04. The zero-order valence-corrected chi connectivity index (χ0v) is 14.0. The molecule has 0 bridgehead atoms. The topological polar surface area (TPSA) is 17.1 Å². The van der Waals surface area contributed by atoms with Gasteiger partial charge in [0.15, 0.2) is 5.78 Å². The molecule has 2 aromatic carbocycles. The molecule has 0 amide bonds. The molecular formula is C22H20F2O. The van der Waals surface area contributed by atoms with Crippen molar-refractivity contribution in [3.63, 3.8) is 0 Å². The van der Waals surface area contributed by atoms with E-state index in [9.17, 15) is 13.6 Å². The van der Waals surface area contributed by atoms with Gasteiger partial charge in [0.25, 0.3) is 0 Å². The fourth-order valence-electron chi connectivity index (χ4n) is 3.04. The largest absolute Gasteiger partial charge is 0.289 e. The van der Waals surface area contributed by atoms with E-state index in [2.05, 4.69) is 0 Å². The first kappa shape index (κ1) is 17.3. The minimum atomic E-state index is -0.289. The predicted octanol–water partition coefficient (Wildman–Crippen LogP) is 5.97. The van der Waals surface area contributed by atoms with Gasteiger partial charge in [-0.05, 0) is 73.2 Å². The molecular weight excluding hydrogens is 318 g/mol. The van der Waals surface area contributed by atoms with Gasteiger partial charge in [0.1, 0.15) is 11.6 Å².